The molecule has 1 rings (SSSR count). The third kappa shape index (κ3) is 7.92. The van der Waals surface area contributed by atoms with E-state index < -0.39 is 6.03 Å². The van der Waals surface area contributed by atoms with Gasteiger partial charge in [-0.25, -0.2) is 10.2 Å². The molecule has 1 aromatic carbocycles. The smallest absolute Gasteiger partial charge is 0.332 e. The van der Waals surface area contributed by atoms with Crippen LogP contribution in [0.15, 0.2) is 23.3 Å². The number of hydrazone groups is 1. The van der Waals surface area contributed by atoms with Crippen molar-refractivity contribution < 1.29 is 14.3 Å². The lowest BCUT2D eigenvalue weighted by Crippen LogP contribution is -2.26. The van der Waals surface area contributed by atoms with Gasteiger partial charge in [-0.2, -0.15) is 5.10 Å². The molecule has 2 amide bonds. The van der Waals surface area contributed by atoms with Gasteiger partial charge in [-0.15, -0.1) is 0 Å². The van der Waals surface area contributed by atoms with Crippen LogP contribution >= 0.6 is 0 Å². The van der Waals surface area contributed by atoms with E-state index in [1.165, 1.54) is 32.1 Å². The lowest BCUT2D eigenvalue weighted by atomic mass is 10.0. The van der Waals surface area contributed by atoms with Crippen LogP contribution in [0, 0.1) is 0 Å². The molecule has 25 heavy (non-hydrogen) atoms. The summed E-state index contributed by atoms with van der Waals surface area (Å²) in [6, 6.07) is 4.93. The number of nitrogens with zero attached hydrogens (tertiary/aromatic N) is 1. The van der Waals surface area contributed by atoms with E-state index >= 15 is 0 Å². The van der Waals surface area contributed by atoms with Gasteiger partial charge in [0.2, 0.25) is 0 Å². The highest BCUT2D eigenvalue weighted by molar-refractivity contribution is 6.01. The maximum absolute atomic E-state index is 11.0. The van der Waals surface area contributed by atoms with E-state index in [0.29, 0.717) is 11.5 Å². The Balaban J connectivity index is 2.70. The van der Waals surface area contributed by atoms with Gasteiger partial charge in [0.25, 0.3) is 0 Å². The van der Waals surface area contributed by atoms with Crippen molar-refractivity contribution in [3.63, 3.8) is 0 Å². The Hall–Kier alpha value is -2.24. The number of methoxy groups -OCH3 is 2. The minimum Gasteiger partial charge on any atom is -0.493 e. The number of urea groups is 1. The van der Waals surface area contributed by atoms with Crippen LogP contribution < -0.4 is 20.6 Å². The van der Waals surface area contributed by atoms with Crippen molar-refractivity contribution >= 4 is 11.7 Å². The number of benzene rings is 1. The SMILES string of the molecule is CCCCCCCCC/C(=N/NC(N)=O)c1ccc(OC)c(OC)c1. The second-order valence-corrected chi connectivity index (χ2v) is 5.98. The van der Waals surface area contributed by atoms with Crippen LogP contribution in [0.25, 0.3) is 0 Å². The first-order valence-corrected chi connectivity index (χ1v) is 8.96. The van der Waals surface area contributed by atoms with E-state index in [1.807, 2.05) is 18.2 Å². The van der Waals surface area contributed by atoms with Gasteiger partial charge in [0.15, 0.2) is 11.5 Å². The highest BCUT2D eigenvalue weighted by atomic mass is 16.5. The molecule has 0 spiro atoms. The average Bonchev–Trinajstić information content (AvgIpc) is 2.62. The zero-order valence-corrected chi connectivity index (χ0v) is 15.6. The number of rotatable bonds is 12. The molecule has 6 heteroatoms. The van der Waals surface area contributed by atoms with Crippen molar-refractivity contribution in [3.05, 3.63) is 23.8 Å². The third-order valence-corrected chi connectivity index (χ3v) is 4.03. The largest absolute Gasteiger partial charge is 0.493 e. The Morgan fingerprint density at radius 1 is 1.04 bits per heavy atom. The molecule has 0 fully saturated rings. The fraction of sp³-hybridized carbons (Fsp3) is 0.579. The van der Waals surface area contributed by atoms with Crippen molar-refractivity contribution in [2.24, 2.45) is 10.8 Å². The quantitative estimate of drug-likeness (QED) is 0.336. The van der Waals surface area contributed by atoms with Crippen LogP contribution in [-0.4, -0.2) is 26.0 Å². The minimum atomic E-state index is -0.669. The number of nitrogens with one attached hydrogen (secondary N) is 1. The zero-order valence-electron chi connectivity index (χ0n) is 15.6. The molecule has 0 unspecified atom stereocenters. The summed E-state index contributed by atoms with van der Waals surface area (Å²) in [6.07, 6.45) is 9.29. The van der Waals surface area contributed by atoms with Crippen LogP contribution in [0.3, 0.4) is 0 Å². The lowest BCUT2D eigenvalue weighted by molar-refractivity contribution is 0.249. The maximum atomic E-state index is 11.0. The van der Waals surface area contributed by atoms with Crippen LogP contribution in [0.5, 0.6) is 11.5 Å². The summed E-state index contributed by atoms with van der Waals surface area (Å²) in [5, 5.41) is 4.17. The van der Waals surface area contributed by atoms with Crippen molar-refractivity contribution in [1.82, 2.24) is 5.43 Å². The van der Waals surface area contributed by atoms with Crippen molar-refractivity contribution in [2.45, 2.75) is 58.3 Å². The summed E-state index contributed by atoms with van der Waals surface area (Å²) in [6.45, 7) is 2.22. The normalized spacial score (nSPS) is 11.2. The number of hydrogen-bond acceptors (Lipinski definition) is 4. The Morgan fingerprint density at radius 3 is 2.28 bits per heavy atom. The molecule has 3 N–H and O–H groups in total. The third-order valence-electron chi connectivity index (χ3n) is 4.03. The molecule has 0 saturated carbocycles. The van der Waals surface area contributed by atoms with E-state index in [0.717, 1.165) is 30.5 Å². The van der Waals surface area contributed by atoms with E-state index in [-0.39, 0.29) is 0 Å². The first kappa shape index (κ1) is 20.8. The van der Waals surface area contributed by atoms with Crippen LogP contribution in [-0.2, 0) is 0 Å². The molecular formula is C19H31N3O3. The number of primary amides is 1. The van der Waals surface area contributed by atoms with Crippen LogP contribution in [0.4, 0.5) is 4.79 Å². The highest BCUT2D eigenvalue weighted by Crippen LogP contribution is 2.28. The van der Waals surface area contributed by atoms with E-state index in [1.54, 1.807) is 14.2 Å². The Morgan fingerprint density at radius 2 is 1.68 bits per heavy atom. The molecule has 0 aliphatic heterocycles. The van der Waals surface area contributed by atoms with Gasteiger partial charge in [0, 0.05) is 5.56 Å². The topological polar surface area (TPSA) is 85.9 Å². The number of unbranched alkanes of at least 4 members (excludes halogenated alkanes) is 6. The average molecular weight is 349 g/mol. The minimum absolute atomic E-state index is 0.631. The second kappa shape index (κ2) is 12.2. The maximum Gasteiger partial charge on any atom is 0.332 e. The first-order chi connectivity index (χ1) is 12.1. The highest BCUT2D eigenvalue weighted by Gasteiger charge is 2.10. The molecule has 0 aromatic heterocycles. The summed E-state index contributed by atoms with van der Waals surface area (Å²) >= 11 is 0. The fourth-order valence-electron chi connectivity index (χ4n) is 2.65. The molecule has 0 aliphatic rings. The van der Waals surface area contributed by atoms with E-state index in [2.05, 4.69) is 17.5 Å². The van der Waals surface area contributed by atoms with Gasteiger partial charge >= 0.3 is 6.03 Å². The summed E-state index contributed by atoms with van der Waals surface area (Å²) in [4.78, 5) is 11.0. The van der Waals surface area contributed by atoms with Gasteiger partial charge in [-0.05, 0) is 31.0 Å². The van der Waals surface area contributed by atoms with Crippen molar-refractivity contribution in [3.8, 4) is 11.5 Å². The summed E-state index contributed by atoms with van der Waals surface area (Å²) in [5.41, 5.74) is 9.15. The lowest BCUT2D eigenvalue weighted by Gasteiger charge is -2.11. The number of amides is 2. The Kier molecular flexibility index (Phi) is 10.1. The second-order valence-electron chi connectivity index (χ2n) is 5.98. The Labute approximate surface area is 150 Å². The molecule has 0 bridgehead atoms. The summed E-state index contributed by atoms with van der Waals surface area (Å²) in [5.74, 6) is 1.29. The molecule has 0 heterocycles. The zero-order chi connectivity index (χ0) is 18.5. The predicted octanol–water partition coefficient (Wildman–Crippen LogP) is 4.22. The van der Waals surface area contributed by atoms with Gasteiger partial charge < -0.3 is 15.2 Å². The number of hydrogen-bond donors (Lipinski definition) is 2. The number of nitrogens with two attached hydrogens (primary N) is 1. The molecule has 0 radical (unpaired) electrons. The number of carbonyl (C=O) groups is 1. The molecular weight excluding hydrogens is 318 g/mol. The summed E-state index contributed by atoms with van der Waals surface area (Å²) in [7, 11) is 3.19. The van der Waals surface area contributed by atoms with E-state index in [4.69, 9.17) is 15.2 Å². The molecule has 6 nitrogen and oxygen atoms in total. The first-order valence-electron chi connectivity index (χ1n) is 8.96. The summed E-state index contributed by atoms with van der Waals surface area (Å²) < 4.78 is 10.6. The molecule has 140 valence electrons. The molecule has 0 saturated heterocycles. The van der Waals surface area contributed by atoms with Gasteiger partial charge in [-0.3, -0.25) is 0 Å². The van der Waals surface area contributed by atoms with Gasteiger partial charge in [-0.1, -0.05) is 45.4 Å². The number of carbonyl (C=O) groups excluding carboxylic acids is 1. The fourth-order valence-corrected chi connectivity index (χ4v) is 2.65. The van der Waals surface area contributed by atoms with Crippen molar-refractivity contribution in [2.75, 3.05) is 14.2 Å². The Bertz CT molecular complexity index is 559. The van der Waals surface area contributed by atoms with E-state index in [9.17, 15) is 4.79 Å². The van der Waals surface area contributed by atoms with Crippen LogP contribution in [0.2, 0.25) is 0 Å². The van der Waals surface area contributed by atoms with Gasteiger partial charge in [0.05, 0.1) is 19.9 Å². The number of ether oxygens (including phenoxy) is 2. The predicted molar refractivity (Wildman–Crippen MR) is 101 cm³/mol. The van der Waals surface area contributed by atoms with Crippen LogP contribution in [0.1, 0.15) is 63.9 Å². The van der Waals surface area contributed by atoms with Crippen molar-refractivity contribution in [1.29, 1.82) is 0 Å². The molecule has 0 aliphatic carbocycles. The monoisotopic (exact) mass is 349 g/mol. The van der Waals surface area contributed by atoms with Gasteiger partial charge in [0.1, 0.15) is 0 Å². The molecule has 0 atom stereocenters. The standard InChI is InChI=1S/C19H31N3O3/c1-4-5-6-7-8-9-10-11-16(21-22-19(20)23)15-12-13-17(24-2)18(14-15)25-3/h12-14H,4-11H2,1-3H3,(H3,20,22,23)/b21-16-. The molecule has 1 aromatic rings.